The van der Waals surface area contributed by atoms with Gasteiger partial charge < -0.3 is 0 Å². The minimum absolute atomic E-state index is 0.276. The van der Waals surface area contributed by atoms with Gasteiger partial charge in [0.05, 0.1) is 4.87 Å². The monoisotopic (exact) mass is 227 g/mol. The van der Waals surface area contributed by atoms with Crippen LogP contribution in [0.2, 0.25) is 0 Å². The molecule has 1 atom stereocenters. The highest BCUT2D eigenvalue weighted by Gasteiger charge is 2.30. The largest absolute Gasteiger partial charge is 0.265 e. The predicted molar refractivity (Wildman–Crippen MR) is 59.6 cm³/mol. The highest BCUT2D eigenvalue weighted by atomic mass is 35.5. The second-order valence-corrected chi connectivity index (χ2v) is 4.77. The first-order valence-electron chi connectivity index (χ1n) is 4.65. The lowest BCUT2D eigenvalue weighted by Crippen LogP contribution is -2.20. The molecule has 14 heavy (non-hydrogen) atoms. The first-order valence-corrected chi connectivity index (χ1v) is 5.40. The van der Waals surface area contributed by atoms with Gasteiger partial charge in [-0.3, -0.25) is 4.98 Å². The van der Waals surface area contributed by atoms with Crippen molar-refractivity contribution in [3.05, 3.63) is 41.2 Å². The van der Waals surface area contributed by atoms with E-state index < -0.39 is 0 Å². The van der Waals surface area contributed by atoms with Crippen molar-refractivity contribution in [1.82, 2.24) is 4.98 Å². The number of hydrogen-bond donors (Lipinski definition) is 0. The summed E-state index contributed by atoms with van der Waals surface area (Å²) in [6, 6.07) is 3.94. The molecule has 2 rings (SSSR count). The van der Waals surface area contributed by atoms with Crippen molar-refractivity contribution in [2.24, 2.45) is 0 Å². The molecular formula is C11H11Cl2N. The summed E-state index contributed by atoms with van der Waals surface area (Å²) in [4.78, 5) is 3.71. The molecular weight excluding hydrogens is 217 g/mol. The molecule has 0 fully saturated rings. The lowest BCUT2D eigenvalue weighted by Gasteiger charge is -2.29. The molecule has 3 heteroatoms. The zero-order chi connectivity index (χ0) is 10.0. The standard InChI is InChI=1S/C11H11Cl2N/c12-10-1-5-11(13,6-2-10)9-3-7-14-8-4-9/h1,3-4,7-8H,2,5-6H2. The maximum Gasteiger partial charge on any atom is 0.0734 e. The molecule has 0 amide bonds. The molecule has 74 valence electrons. The Bertz CT molecular complexity index is 348. The molecule has 0 saturated heterocycles. The summed E-state index contributed by atoms with van der Waals surface area (Å²) < 4.78 is 0. The third-order valence-corrected chi connectivity index (χ3v) is 3.51. The Hall–Kier alpha value is -0.530. The topological polar surface area (TPSA) is 12.9 Å². The maximum absolute atomic E-state index is 6.53. The molecule has 1 heterocycles. The Kier molecular flexibility index (Phi) is 2.80. The van der Waals surface area contributed by atoms with Crippen LogP contribution in [0.1, 0.15) is 24.8 Å². The molecule has 1 aliphatic carbocycles. The van der Waals surface area contributed by atoms with E-state index in [0.717, 1.165) is 29.9 Å². The van der Waals surface area contributed by atoms with Gasteiger partial charge in [0.15, 0.2) is 0 Å². The number of nitrogens with zero attached hydrogens (tertiary/aromatic N) is 1. The molecule has 1 aromatic heterocycles. The summed E-state index contributed by atoms with van der Waals surface area (Å²) in [6.45, 7) is 0. The second kappa shape index (κ2) is 3.92. The third-order valence-electron chi connectivity index (χ3n) is 2.60. The zero-order valence-electron chi connectivity index (χ0n) is 7.71. The zero-order valence-corrected chi connectivity index (χ0v) is 9.22. The van der Waals surface area contributed by atoms with E-state index >= 15 is 0 Å². The number of hydrogen-bond acceptors (Lipinski definition) is 1. The molecule has 1 aromatic rings. The number of aromatic nitrogens is 1. The van der Waals surface area contributed by atoms with Gasteiger partial charge in [0.25, 0.3) is 0 Å². The number of rotatable bonds is 1. The smallest absolute Gasteiger partial charge is 0.0734 e. The van der Waals surface area contributed by atoms with Gasteiger partial charge in [-0.2, -0.15) is 0 Å². The van der Waals surface area contributed by atoms with E-state index in [-0.39, 0.29) is 4.87 Å². The normalized spacial score (nSPS) is 27.1. The average Bonchev–Trinajstić information content (AvgIpc) is 2.24. The summed E-state index contributed by atoms with van der Waals surface area (Å²) in [5, 5.41) is 0.926. The fourth-order valence-corrected chi connectivity index (χ4v) is 2.18. The summed E-state index contributed by atoms with van der Waals surface area (Å²) in [6.07, 6.45) is 8.13. The number of pyridine rings is 1. The first-order chi connectivity index (χ1) is 6.71. The van der Waals surface area contributed by atoms with Gasteiger partial charge in [-0.05, 0) is 37.0 Å². The Morgan fingerprint density at radius 3 is 2.57 bits per heavy atom. The summed E-state index contributed by atoms with van der Waals surface area (Å²) in [7, 11) is 0. The van der Waals surface area contributed by atoms with E-state index in [0.29, 0.717) is 0 Å². The van der Waals surface area contributed by atoms with Crippen molar-refractivity contribution in [1.29, 1.82) is 0 Å². The van der Waals surface area contributed by atoms with Gasteiger partial charge in [-0.25, -0.2) is 0 Å². The highest BCUT2D eigenvalue weighted by molar-refractivity contribution is 6.30. The second-order valence-electron chi connectivity index (χ2n) is 3.56. The van der Waals surface area contributed by atoms with E-state index in [9.17, 15) is 0 Å². The van der Waals surface area contributed by atoms with Gasteiger partial charge in [0.1, 0.15) is 0 Å². The lowest BCUT2D eigenvalue weighted by molar-refractivity contribution is 0.542. The Morgan fingerprint density at radius 1 is 1.29 bits per heavy atom. The van der Waals surface area contributed by atoms with Gasteiger partial charge in [0, 0.05) is 17.4 Å². The van der Waals surface area contributed by atoms with Crippen LogP contribution < -0.4 is 0 Å². The van der Waals surface area contributed by atoms with Crippen LogP contribution in [0.4, 0.5) is 0 Å². The van der Waals surface area contributed by atoms with Crippen LogP contribution in [0.5, 0.6) is 0 Å². The average molecular weight is 228 g/mol. The van der Waals surface area contributed by atoms with E-state index in [2.05, 4.69) is 4.98 Å². The van der Waals surface area contributed by atoms with E-state index in [1.807, 2.05) is 18.2 Å². The molecule has 0 aromatic carbocycles. The molecule has 0 spiro atoms. The lowest BCUT2D eigenvalue weighted by atomic mass is 9.87. The van der Waals surface area contributed by atoms with Gasteiger partial charge in [0.2, 0.25) is 0 Å². The first kappa shape index (κ1) is 10.0. The van der Waals surface area contributed by atoms with Crippen LogP contribution >= 0.6 is 23.2 Å². The van der Waals surface area contributed by atoms with Crippen molar-refractivity contribution in [3.8, 4) is 0 Å². The predicted octanol–water partition coefficient (Wildman–Crippen LogP) is 3.82. The molecule has 0 bridgehead atoms. The van der Waals surface area contributed by atoms with Crippen LogP contribution in [0.15, 0.2) is 35.6 Å². The van der Waals surface area contributed by atoms with Gasteiger partial charge >= 0.3 is 0 Å². The van der Waals surface area contributed by atoms with Crippen LogP contribution in [-0.2, 0) is 4.87 Å². The van der Waals surface area contributed by atoms with Crippen molar-refractivity contribution < 1.29 is 0 Å². The fourth-order valence-electron chi connectivity index (χ4n) is 1.71. The van der Waals surface area contributed by atoms with Gasteiger partial charge in [-0.15, -0.1) is 11.6 Å². The summed E-state index contributed by atoms with van der Waals surface area (Å²) in [5.41, 5.74) is 1.13. The Labute approximate surface area is 93.8 Å². The van der Waals surface area contributed by atoms with Crippen molar-refractivity contribution in [2.75, 3.05) is 0 Å². The fraction of sp³-hybridized carbons (Fsp3) is 0.364. The van der Waals surface area contributed by atoms with Crippen LogP contribution in [0.3, 0.4) is 0 Å². The van der Waals surface area contributed by atoms with E-state index in [1.54, 1.807) is 12.4 Å². The molecule has 1 unspecified atom stereocenters. The third kappa shape index (κ3) is 1.94. The number of halogens is 2. The quantitative estimate of drug-likeness (QED) is 0.666. The molecule has 0 aliphatic heterocycles. The van der Waals surface area contributed by atoms with Crippen molar-refractivity contribution in [2.45, 2.75) is 24.1 Å². The maximum atomic E-state index is 6.53. The Morgan fingerprint density at radius 2 is 2.00 bits per heavy atom. The van der Waals surface area contributed by atoms with Crippen LogP contribution in [0.25, 0.3) is 0 Å². The molecule has 0 radical (unpaired) electrons. The summed E-state index contributed by atoms with van der Waals surface area (Å²) >= 11 is 12.5. The number of alkyl halides is 1. The SMILES string of the molecule is ClC1=CCC(Cl)(c2ccncc2)CC1. The van der Waals surface area contributed by atoms with Gasteiger partial charge in [-0.1, -0.05) is 17.7 Å². The molecule has 1 nitrogen and oxygen atoms in total. The van der Waals surface area contributed by atoms with Crippen molar-refractivity contribution in [3.63, 3.8) is 0 Å². The van der Waals surface area contributed by atoms with E-state index in [1.165, 1.54) is 0 Å². The van der Waals surface area contributed by atoms with E-state index in [4.69, 9.17) is 23.2 Å². The molecule has 0 N–H and O–H groups in total. The van der Waals surface area contributed by atoms with Crippen LogP contribution in [-0.4, -0.2) is 4.98 Å². The number of allylic oxidation sites excluding steroid dienone is 2. The molecule has 1 aliphatic rings. The summed E-state index contributed by atoms with van der Waals surface area (Å²) in [5.74, 6) is 0. The van der Waals surface area contributed by atoms with Crippen molar-refractivity contribution >= 4 is 23.2 Å². The molecule has 0 saturated carbocycles. The Balaban J connectivity index is 2.26. The minimum atomic E-state index is -0.276. The highest BCUT2D eigenvalue weighted by Crippen LogP contribution is 2.42. The minimum Gasteiger partial charge on any atom is -0.265 e. The van der Waals surface area contributed by atoms with Crippen LogP contribution in [0, 0.1) is 0 Å².